The highest BCUT2D eigenvalue weighted by Crippen LogP contribution is 2.36. The molecule has 252 valence electrons. The fraction of sp³-hybridized carbons (Fsp3) is 0.719. The van der Waals surface area contributed by atoms with Gasteiger partial charge in [-0.15, -0.1) is 0 Å². The number of rotatable bonds is 20. The van der Waals surface area contributed by atoms with Crippen molar-refractivity contribution in [2.45, 2.75) is 126 Å². The van der Waals surface area contributed by atoms with Gasteiger partial charge in [0, 0.05) is 6.42 Å². The Morgan fingerprint density at radius 1 is 0.750 bits per heavy atom. The number of aliphatic hydroxyl groups excluding tert-OH is 7. The molecule has 2 aliphatic heterocycles. The molecule has 0 amide bonds. The maximum atomic E-state index is 12.2. The van der Waals surface area contributed by atoms with Crippen LogP contribution in [0.15, 0.2) is 48.6 Å². The number of carbonyl (C=O) groups excluding carboxylic acids is 1. The lowest BCUT2D eigenvalue weighted by molar-refractivity contribution is -0.383. The van der Waals surface area contributed by atoms with Crippen molar-refractivity contribution in [3.63, 3.8) is 0 Å². The van der Waals surface area contributed by atoms with Crippen molar-refractivity contribution < 1.29 is 59.5 Å². The van der Waals surface area contributed by atoms with E-state index in [9.17, 15) is 40.5 Å². The Morgan fingerprint density at radius 3 is 1.89 bits per heavy atom. The summed E-state index contributed by atoms with van der Waals surface area (Å²) in [4.78, 5) is 12.2. The van der Waals surface area contributed by atoms with Crippen LogP contribution in [0.3, 0.4) is 0 Å². The Bertz CT molecular complexity index is 921. The third-order valence-corrected chi connectivity index (χ3v) is 7.51. The molecule has 2 heterocycles. The fourth-order valence-corrected chi connectivity index (χ4v) is 4.79. The summed E-state index contributed by atoms with van der Waals surface area (Å²) in [7, 11) is 0. The highest BCUT2D eigenvalue weighted by molar-refractivity contribution is 5.69. The Morgan fingerprint density at radius 2 is 1.34 bits per heavy atom. The topological polar surface area (TPSA) is 196 Å². The predicted octanol–water partition coefficient (Wildman–Crippen LogP) is 1.30. The summed E-state index contributed by atoms with van der Waals surface area (Å²) in [6, 6.07) is 0. The van der Waals surface area contributed by atoms with E-state index in [1.54, 1.807) is 0 Å². The van der Waals surface area contributed by atoms with Crippen LogP contribution in [0.25, 0.3) is 0 Å². The zero-order valence-corrected chi connectivity index (χ0v) is 25.6. The molecule has 12 nitrogen and oxygen atoms in total. The summed E-state index contributed by atoms with van der Waals surface area (Å²) in [5.41, 5.74) is 0. The lowest BCUT2D eigenvalue weighted by Gasteiger charge is -2.43. The summed E-state index contributed by atoms with van der Waals surface area (Å²) in [6.45, 7) is 0.0501. The number of aliphatic hydroxyl groups is 7. The second-order valence-electron chi connectivity index (χ2n) is 11.0. The van der Waals surface area contributed by atoms with E-state index in [0.717, 1.165) is 25.7 Å². The third kappa shape index (κ3) is 12.1. The average Bonchev–Trinajstić information content (AvgIpc) is 3.27. The molecule has 0 aromatic heterocycles. The molecule has 0 aromatic carbocycles. The predicted molar refractivity (Wildman–Crippen MR) is 161 cm³/mol. The van der Waals surface area contributed by atoms with Crippen molar-refractivity contribution >= 4 is 5.97 Å². The van der Waals surface area contributed by atoms with E-state index in [-0.39, 0.29) is 6.42 Å². The molecule has 0 unspecified atom stereocenters. The number of esters is 1. The molecule has 0 saturated carbocycles. The third-order valence-electron chi connectivity index (χ3n) is 7.51. The first-order valence-electron chi connectivity index (χ1n) is 15.6. The molecule has 44 heavy (non-hydrogen) atoms. The molecule has 2 rings (SSSR count). The second-order valence-corrected chi connectivity index (χ2v) is 11.0. The number of allylic oxidation sites excluding steroid dienone is 8. The summed E-state index contributed by atoms with van der Waals surface area (Å²) < 4.78 is 21.4. The Hall–Kier alpha value is -1.97. The first-order valence-corrected chi connectivity index (χ1v) is 15.6. The van der Waals surface area contributed by atoms with E-state index in [1.807, 2.05) is 12.2 Å². The van der Waals surface area contributed by atoms with Crippen LogP contribution in [0.2, 0.25) is 0 Å². The molecule has 0 spiro atoms. The molecule has 0 aromatic rings. The number of unbranched alkanes of at least 4 members (excludes halogenated alkanes) is 4. The van der Waals surface area contributed by atoms with Crippen LogP contribution in [0.5, 0.6) is 0 Å². The molecule has 9 atom stereocenters. The SMILES string of the molecule is CCCCC/C=C\C/C=C\C/C=C\C/C=C\CCCC(=O)OC[C@H]1O[C@H](O[C@]2(CO)O[C@H](CO)[C@@H](O)[C@@H]2O)[C@H](O)[C@@H](O)[C@@H]1O. The summed E-state index contributed by atoms with van der Waals surface area (Å²) in [5, 5.41) is 70.5. The quantitative estimate of drug-likeness (QED) is 0.0581. The van der Waals surface area contributed by atoms with Crippen molar-refractivity contribution in [3.8, 4) is 0 Å². The lowest BCUT2D eigenvalue weighted by Crippen LogP contribution is -2.62. The summed E-state index contributed by atoms with van der Waals surface area (Å²) in [5.74, 6) is -2.84. The van der Waals surface area contributed by atoms with E-state index in [0.29, 0.717) is 12.8 Å². The standard InChI is InChI=1S/C32H52O12/c1-2-3-4-5-6-7-8-9-10-11-12-13-14-15-16-17-18-19-25(35)41-21-24-26(36)28(38)29(39)31(42-24)44-32(22-34)30(40)27(37)23(20-33)43-32/h6-7,9-10,12-13,15-16,23-24,26-31,33-34,36-40H,2-5,8,11,14,17-22H2,1H3/b7-6-,10-9-,13-12-,16-15-/t23-,24-,26-,27-,28+,29-,30+,31-,32+/m1/s1. The molecule has 0 bridgehead atoms. The van der Waals surface area contributed by atoms with Gasteiger partial charge in [0.15, 0.2) is 6.29 Å². The molecule has 0 aliphatic carbocycles. The van der Waals surface area contributed by atoms with E-state index < -0.39 is 80.6 Å². The van der Waals surface area contributed by atoms with Crippen LogP contribution in [0.4, 0.5) is 0 Å². The van der Waals surface area contributed by atoms with Crippen LogP contribution < -0.4 is 0 Å². The molecule has 7 N–H and O–H groups in total. The van der Waals surface area contributed by atoms with Crippen LogP contribution in [-0.2, 0) is 23.7 Å². The zero-order valence-electron chi connectivity index (χ0n) is 25.6. The molecule has 2 aliphatic rings. The molecule has 12 heteroatoms. The Labute approximate surface area is 259 Å². The van der Waals surface area contributed by atoms with Crippen molar-refractivity contribution in [3.05, 3.63) is 48.6 Å². The molecule has 2 fully saturated rings. The number of ether oxygens (including phenoxy) is 4. The minimum atomic E-state index is -2.28. The van der Waals surface area contributed by atoms with Gasteiger partial charge in [0.05, 0.1) is 6.61 Å². The average molecular weight is 629 g/mol. The minimum Gasteiger partial charge on any atom is -0.463 e. The van der Waals surface area contributed by atoms with E-state index >= 15 is 0 Å². The van der Waals surface area contributed by atoms with Crippen molar-refractivity contribution in [2.24, 2.45) is 0 Å². The van der Waals surface area contributed by atoms with Gasteiger partial charge in [-0.05, 0) is 44.9 Å². The van der Waals surface area contributed by atoms with Gasteiger partial charge in [-0.1, -0.05) is 68.4 Å². The first kappa shape index (κ1) is 38.2. The Kier molecular flexibility index (Phi) is 18.2. The van der Waals surface area contributed by atoms with Crippen molar-refractivity contribution in [2.75, 3.05) is 19.8 Å². The van der Waals surface area contributed by atoms with Gasteiger partial charge in [0.25, 0.3) is 0 Å². The maximum Gasteiger partial charge on any atom is 0.305 e. The number of hydrogen-bond donors (Lipinski definition) is 7. The van der Waals surface area contributed by atoms with Gasteiger partial charge >= 0.3 is 5.97 Å². The molecule has 0 radical (unpaired) electrons. The van der Waals surface area contributed by atoms with Gasteiger partial charge in [-0.2, -0.15) is 0 Å². The first-order chi connectivity index (χ1) is 21.2. The Balaban J connectivity index is 1.66. The highest BCUT2D eigenvalue weighted by Gasteiger charge is 2.58. The van der Waals surface area contributed by atoms with Gasteiger partial charge in [-0.3, -0.25) is 4.79 Å². The molecule has 2 saturated heterocycles. The van der Waals surface area contributed by atoms with Crippen LogP contribution in [-0.4, -0.2) is 116 Å². The largest absolute Gasteiger partial charge is 0.463 e. The van der Waals surface area contributed by atoms with Gasteiger partial charge in [0.2, 0.25) is 5.79 Å². The zero-order chi connectivity index (χ0) is 32.4. The van der Waals surface area contributed by atoms with E-state index in [1.165, 1.54) is 19.3 Å². The summed E-state index contributed by atoms with van der Waals surface area (Å²) in [6.07, 6.45) is 12.8. The van der Waals surface area contributed by atoms with Crippen molar-refractivity contribution in [1.29, 1.82) is 0 Å². The van der Waals surface area contributed by atoms with E-state index in [2.05, 4.69) is 43.4 Å². The normalized spacial score (nSPS) is 33.0. The molecular weight excluding hydrogens is 576 g/mol. The van der Waals surface area contributed by atoms with Crippen LogP contribution >= 0.6 is 0 Å². The van der Waals surface area contributed by atoms with Crippen LogP contribution in [0, 0.1) is 0 Å². The minimum absolute atomic E-state index is 0.111. The van der Waals surface area contributed by atoms with Crippen molar-refractivity contribution in [1.82, 2.24) is 0 Å². The maximum absolute atomic E-state index is 12.2. The van der Waals surface area contributed by atoms with Gasteiger partial charge < -0.3 is 54.7 Å². The monoisotopic (exact) mass is 628 g/mol. The molecular formula is C32H52O12. The van der Waals surface area contributed by atoms with Gasteiger partial charge in [-0.25, -0.2) is 0 Å². The highest BCUT2D eigenvalue weighted by atomic mass is 16.8. The summed E-state index contributed by atoms with van der Waals surface area (Å²) >= 11 is 0. The van der Waals surface area contributed by atoms with Gasteiger partial charge in [0.1, 0.15) is 55.9 Å². The van der Waals surface area contributed by atoms with E-state index in [4.69, 9.17) is 18.9 Å². The van der Waals surface area contributed by atoms with Crippen LogP contribution in [0.1, 0.15) is 71.1 Å². The lowest BCUT2D eigenvalue weighted by atomic mass is 9.99. The smallest absolute Gasteiger partial charge is 0.305 e. The number of hydrogen-bond acceptors (Lipinski definition) is 12. The number of carbonyl (C=O) groups is 1. The second kappa shape index (κ2) is 20.9. The fourth-order valence-electron chi connectivity index (χ4n) is 4.79.